The van der Waals surface area contributed by atoms with Crippen LogP contribution < -0.4 is 25.6 Å². The van der Waals surface area contributed by atoms with Crippen LogP contribution in [0.5, 0.6) is 5.75 Å². The minimum absolute atomic E-state index is 0. The fraction of sp³-hybridized carbons (Fsp3) is 0.280. The van der Waals surface area contributed by atoms with Crippen LogP contribution in [0.15, 0.2) is 188 Å². The fourth-order valence-corrected chi connectivity index (χ4v) is 13.1. The summed E-state index contributed by atoms with van der Waals surface area (Å²) >= 11 is 1.10. The molecule has 0 spiro atoms. The smallest absolute Gasteiger partial charge is 0.550 e. The van der Waals surface area contributed by atoms with Crippen LogP contribution in [0, 0.1) is 35.8 Å². The fourth-order valence-electron chi connectivity index (χ4n) is 12.2. The van der Waals surface area contributed by atoms with Crippen molar-refractivity contribution in [2.24, 2.45) is 5.92 Å². The largest absolute Gasteiger partial charge is 2.00 e. The molecule has 0 saturated heterocycles. The molecule has 0 aliphatic carbocycles. The molecule has 3 aromatic heterocycles. The number of hydrogen-bond acceptors (Lipinski definition) is 15. The van der Waals surface area contributed by atoms with E-state index < -0.39 is 66.8 Å². The van der Waals surface area contributed by atoms with Gasteiger partial charge in [0.25, 0.3) is 11.8 Å². The van der Waals surface area contributed by atoms with E-state index >= 15 is 0 Å². The normalized spacial score (nSPS) is 12.1. The number of carbonyl (C=O) groups excluding carboxylic acids is 4. The minimum atomic E-state index is -1.39. The van der Waals surface area contributed by atoms with Crippen LogP contribution in [-0.2, 0) is 22.7 Å². The predicted molar refractivity (Wildman–Crippen MR) is 399 cm³/mol. The Morgan fingerprint density at radius 2 is 0.933 bits per heavy atom. The van der Waals surface area contributed by atoms with Gasteiger partial charge in [-0.05, 0) is 164 Å². The molecule has 10 aromatic rings. The van der Waals surface area contributed by atoms with Gasteiger partial charge < -0.3 is 69.8 Å². The summed E-state index contributed by atoms with van der Waals surface area (Å²) in [6.45, 7) is 14.7. The van der Waals surface area contributed by atoms with Crippen LogP contribution in [0.25, 0.3) is 55.3 Å². The summed E-state index contributed by atoms with van der Waals surface area (Å²) in [5.41, 5.74) is 11.0. The molecule has 3 heterocycles. The molecule has 0 aliphatic heterocycles. The van der Waals surface area contributed by atoms with E-state index in [9.17, 15) is 68.7 Å². The maximum atomic E-state index is 14.0. The van der Waals surface area contributed by atoms with Crippen molar-refractivity contribution in [2.75, 3.05) is 17.2 Å². The molecule has 0 saturated carbocycles. The van der Waals surface area contributed by atoms with Gasteiger partial charge >= 0.3 is 43.7 Å². The molecule has 10 rings (SSSR count). The number of hydrogen-bond donors (Lipinski definition) is 7. The molecule has 4 atom stereocenters. The first-order valence-corrected chi connectivity index (χ1v) is 34.9. The van der Waals surface area contributed by atoms with Gasteiger partial charge in [0, 0.05) is 77.3 Å². The van der Waals surface area contributed by atoms with Crippen molar-refractivity contribution >= 4 is 90.2 Å². The van der Waals surface area contributed by atoms with Gasteiger partial charge in [-0.1, -0.05) is 139 Å². The van der Waals surface area contributed by atoms with Gasteiger partial charge in [-0.2, -0.15) is 5.26 Å². The molecular weight excluding hydrogens is 1390 g/mol. The third-order valence-electron chi connectivity index (χ3n) is 16.8. The average molecular weight is 1470 g/mol. The van der Waals surface area contributed by atoms with E-state index in [1.165, 1.54) is 24.3 Å². The van der Waals surface area contributed by atoms with E-state index in [2.05, 4.69) is 21.7 Å². The van der Waals surface area contributed by atoms with Gasteiger partial charge in [-0.15, -0.1) is 11.3 Å². The molecule has 7 aromatic carbocycles. The monoisotopic (exact) mass is 1470 g/mol. The average Bonchev–Trinajstić information content (AvgIpc) is 1.60. The number of nitriles is 1. The van der Waals surface area contributed by atoms with Crippen LogP contribution in [-0.4, -0.2) is 138 Å². The first-order chi connectivity index (χ1) is 49.7. The number of carbonyl (C=O) groups is 5. The van der Waals surface area contributed by atoms with E-state index in [4.69, 9.17) is 9.84 Å². The van der Waals surface area contributed by atoms with E-state index in [-0.39, 0.29) is 105 Å². The Labute approximate surface area is 643 Å². The minimum Gasteiger partial charge on any atom is -0.550 e. The van der Waals surface area contributed by atoms with Gasteiger partial charge in [0.2, 0.25) is 0 Å². The molecule has 542 valence electrons. The number of nitrogens with one attached hydrogen (secondary N) is 2. The summed E-state index contributed by atoms with van der Waals surface area (Å²) in [5, 5.41) is 88.2. The van der Waals surface area contributed by atoms with Gasteiger partial charge in [-0.3, -0.25) is 9.59 Å². The Balaban J connectivity index is 0.000000229. The van der Waals surface area contributed by atoms with Gasteiger partial charge in [-0.25, -0.2) is 18.6 Å². The summed E-state index contributed by atoms with van der Waals surface area (Å²) < 4.78 is 37.6. The Hall–Kier alpha value is -9.67. The second kappa shape index (κ2) is 39.4. The van der Waals surface area contributed by atoms with Crippen LogP contribution >= 0.6 is 11.3 Å². The number of aromatic nitrogens is 3. The number of aryl methyl sites for hydroxylation is 1. The zero-order valence-electron chi connectivity index (χ0n) is 59.5. The van der Waals surface area contributed by atoms with Crippen LogP contribution in [0.3, 0.4) is 0 Å². The summed E-state index contributed by atoms with van der Waals surface area (Å²) in [5.74, 6) is -4.50. The van der Waals surface area contributed by atoms with Gasteiger partial charge in [0.15, 0.2) is 0 Å². The van der Waals surface area contributed by atoms with Crippen molar-refractivity contribution in [3.8, 4) is 67.2 Å². The third kappa shape index (κ3) is 22.7. The number of carboxylic acids is 3. The third-order valence-corrected chi connectivity index (χ3v) is 17.9. The summed E-state index contributed by atoms with van der Waals surface area (Å²) in [6, 6.07) is 56.7. The maximum absolute atomic E-state index is 14.0. The zero-order chi connectivity index (χ0) is 75.3. The number of aromatic carboxylic acids is 1. The number of thiazole rings is 1. The number of ether oxygens (including phenoxy) is 1. The molecule has 7 N–H and O–H groups in total. The Morgan fingerprint density at radius 1 is 0.552 bits per heavy atom. The number of carboxylic acid groups (broad SMARTS) is 3. The summed E-state index contributed by atoms with van der Waals surface area (Å²) in [4.78, 5) is 65.4. The Bertz CT molecular complexity index is 4360. The van der Waals surface area contributed by atoms with Crippen molar-refractivity contribution in [3.05, 3.63) is 238 Å². The molecule has 0 bridgehead atoms. The van der Waals surface area contributed by atoms with Gasteiger partial charge in [0.1, 0.15) is 33.3 Å². The summed E-state index contributed by atoms with van der Waals surface area (Å²) in [7, 11) is 0. The molecule has 23 heteroatoms. The second-order valence-corrected chi connectivity index (χ2v) is 27.0. The predicted octanol–water partition coefficient (Wildman–Crippen LogP) is 13.3. The number of anilines is 2. The molecule has 0 radical (unpaired) electrons. The van der Waals surface area contributed by atoms with E-state index in [0.717, 1.165) is 33.9 Å². The molecule has 0 unspecified atom stereocenters. The maximum Gasteiger partial charge on any atom is 2.00 e. The van der Waals surface area contributed by atoms with E-state index in [0.29, 0.717) is 96.2 Å². The first-order valence-electron chi connectivity index (χ1n) is 34.1. The van der Waals surface area contributed by atoms with Crippen molar-refractivity contribution in [1.82, 2.24) is 14.1 Å². The number of nitrogens with zero attached hydrogens (tertiary/aromatic N) is 4. The van der Waals surface area contributed by atoms with Crippen molar-refractivity contribution < 1.29 is 73.2 Å². The molecule has 0 aliphatic rings. The number of aliphatic hydroxyl groups excluding tert-OH is 4. The number of benzene rings is 7. The number of halogens is 2. The topological polar surface area (TPSA) is 312 Å². The van der Waals surface area contributed by atoms with Crippen LogP contribution in [0.2, 0.25) is 0 Å². The van der Waals surface area contributed by atoms with Gasteiger partial charge in [0.05, 0.1) is 64.8 Å². The molecule has 105 heavy (non-hydrogen) atoms. The van der Waals surface area contributed by atoms with E-state index in [1.807, 2.05) is 148 Å². The number of aliphatic carboxylic acids is 2. The van der Waals surface area contributed by atoms with Crippen molar-refractivity contribution in [3.63, 3.8) is 0 Å². The summed E-state index contributed by atoms with van der Waals surface area (Å²) in [6.07, 6.45) is -5.54. The molecule has 19 nitrogen and oxygen atoms in total. The number of rotatable bonds is 29. The first kappa shape index (κ1) is 82.6. The second-order valence-electron chi connectivity index (χ2n) is 26.0. The van der Waals surface area contributed by atoms with Crippen LogP contribution in [0.1, 0.15) is 145 Å². The molecule has 2 amide bonds. The molecular formula is C82H84CaF2N6O13S. The van der Waals surface area contributed by atoms with E-state index in [1.54, 1.807) is 73.7 Å². The SMILES string of the molecule is CC(C)c1c(C(=O)Nc2ccccc2)c(-c2ccccc2)c(-c2ccc(F)cc2)n1CC[C@@H](O)C[C@@H](O)CC(=O)[O-].CC(C)c1c(C(=O)Nc2ccccc2)c(-c2ccccc2)c(-c2ccc(F)cc2)n1CC[C@@H](O)C[C@@H](O)CC(=O)[O-].Cc1nc(-c2ccc(OCC(C)C)c(C#N)c2)sc1C(=O)O.[Ca+2]. The molecule has 0 fully saturated rings. The van der Waals surface area contributed by atoms with Crippen LogP contribution in [0.4, 0.5) is 20.2 Å². The number of aliphatic hydroxyl groups is 4. The zero-order valence-corrected chi connectivity index (χ0v) is 62.5. The number of amides is 2. The quantitative estimate of drug-likeness (QED) is 0.0214. The Kier molecular flexibility index (Phi) is 31.0. The standard InChI is InChI=1S/2C33H35FN2O5.C16H16N2O3S.Ca/c2*1-21(2)31-30(33(41)35-25-11-7-4-8-12-25)29(22-9-5-3-6-10-22)32(23-13-15-24(34)16-14-23)36(31)18-17-26(37)19-27(38)20-28(39)40;1-9(2)8-21-13-5-4-11(6-12(13)7-17)15-18-10(3)14(22-15)16(19)20;/h2*3-16,21,26-27,37-38H,17-20H2,1-2H3,(H,35,41)(H,39,40);4-6,9H,8H2,1-3H3,(H,19,20);/q;;;+2/p-2/t2*26-,27-;;/m11../s1. The van der Waals surface area contributed by atoms with Crippen molar-refractivity contribution in [2.45, 2.75) is 136 Å². The van der Waals surface area contributed by atoms with Crippen molar-refractivity contribution in [1.29, 1.82) is 5.26 Å². The number of para-hydroxylation sites is 2. The Morgan fingerprint density at radius 3 is 1.28 bits per heavy atom.